The molecule has 2 aromatic carbocycles. The normalized spacial score (nSPS) is 13.6. The first-order valence-corrected chi connectivity index (χ1v) is 9.38. The first kappa shape index (κ1) is 20.2. The highest BCUT2D eigenvalue weighted by Crippen LogP contribution is 2.22. The zero-order valence-corrected chi connectivity index (χ0v) is 16.3. The summed E-state index contributed by atoms with van der Waals surface area (Å²) in [6.07, 6.45) is 0. The van der Waals surface area contributed by atoms with Gasteiger partial charge < -0.3 is 25.2 Å². The average molecular weight is 396 g/mol. The molecular formula is C21H24N4O4. The number of nitrogens with one attached hydrogen (secondary N) is 2. The van der Waals surface area contributed by atoms with Crippen LogP contribution in [-0.4, -0.2) is 62.5 Å². The molecule has 0 aliphatic carbocycles. The van der Waals surface area contributed by atoms with Crippen LogP contribution in [0.5, 0.6) is 5.75 Å². The highest BCUT2D eigenvalue weighted by atomic mass is 16.5. The van der Waals surface area contributed by atoms with E-state index < -0.39 is 11.8 Å². The lowest BCUT2D eigenvalue weighted by molar-refractivity contribution is -0.138. The zero-order chi connectivity index (χ0) is 20.6. The second kappa shape index (κ2) is 9.59. The Morgan fingerprint density at radius 3 is 2.34 bits per heavy atom. The van der Waals surface area contributed by atoms with E-state index in [9.17, 15) is 14.4 Å². The third-order valence-electron chi connectivity index (χ3n) is 4.69. The summed E-state index contributed by atoms with van der Waals surface area (Å²) in [4.78, 5) is 40.0. The van der Waals surface area contributed by atoms with Gasteiger partial charge in [0.15, 0.2) is 0 Å². The maximum atomic E-state index is 12.4. The summed E-state index contributed by atoms with van der Waals surface area (Å²) >= 11 is 0. The van der Waals surface area contributed by atoms with Crippen LogP contribution in [0.15, 0.2) is 54.6 Å². The molecule has 0 saturated carbocycles. The van der Waals surface area contributed by atoms with Gasteiger partial charge in [-0.3, -0.25) is 14.4 Å². The van der Waals surface area contributed by atoms with Crippen LogP contribution >= 0.6 is 0 Å². The molecule has 152 valence electrons. The summed E-state index contributed by atoms with van der Waals surface area (Å²) < 4.78 is 5.25. The van der Waals surface area contributed by atoms with Crippen LogP contribution in [0.1, 0.15) is 0 Å². The van der Waals surface area contributed by atoms with Crippen LogP contribution in [0.25, 0.3) is 0 Å². The lowest BCUT2D eigenvalue weighted by Crippen LogP contribution is -2.51. The molecule has 1 heterocycles. The second-order valence-electron chi connectivity index (χ2n) is 6.57. The molecule has 1 fully saturated rings. The van der Waals surface area contributed by atoms with Crippen molar-refractivity contribution >= 4 is 29.1 Å². The molecule has 8 nitrogen and oxygen atoms in total. The predicted molar refractivity (Wildman–Crippen MR) is 110 cm³/mol. The van der Waals surface area contributed by atoms with Crippen LogP contribution in [-0.2, 0) is 14.4 Å². The van der Waals surface area contributed by atoms with Gasteiger partial charge in [-0.2, -0.15) is 0 Å². The molecule has 3 amide bonds. The number of carbonyl (C=O) groups excluding carboxylic acids is 3. The smallest absolute Gasteiger partial charge is 0.313 e. The van der Waals surface area contributed by atoms with Crippen LogP contribution in [0.4, 0.5) is 11.4 Å². The van der Waals surface area contributed by atoms with E-state index in [1.165, 1.54) is 0 Å². The monoisotopic (exact) mass is 396 g/mol. The molecule has 3 rings (SSSR count). The van der Waals surface area contributed by atoms with Gasteiger partial charge in [-0.05, 0) is 24.3 Å². The number of rotatable bonds is 5. The summed E-state index contributed by atoms with van der Waals surface area (Å²) in [6.45, 7) is 2.24. The fraction of sp³-hybridized carbons (Fsp3) is 0.286. The molecule has 2 N–H and O–H groups in total. The van der Waals surface area contributed by atoms with E-state index in [0.717, 1.165) is 11.4 Å². The van der Waals surface area contributed by atoms with E-state index >= 15 is 0 Å². The lowest BCUT2D eigenvalue weighted by atomic mass is 10.2. The van der Waals surface area contributed by atoms with Crippen molar-refractivity contribution in [2.75, 3.05) is 50.1 Å². The molecule has 0 spiro atoms. The van der Waals surface area contributed by atoms with Crippen molar-refractivity contribution in [3.8, 4) is 5.75 Å². The molecule has 1 aliphatic heterocycles. The molecule has 0 atom stereocenters. The fourth-order valence-electron chi connectivity index (χ4n) is 3.08. The van der Waals surface area contributed by atoms with Gasteiger partial charge >= 0.3 is 11.8 Å². The SMILES string of the molecule is COc1cccc(N2CCN(C(=O)CNC(=O)C(=O)Nc3ccccc3)CC2)c1. The summed E-state index contributed by atoms with van der Waals surface area (Å²) in [5, 5.41) is 4.87. The average Bonchev–Trinajstić information content (AvgIpc) is 2.78. The van der Waals surface area contributed by atoms with Crippen molar-refractivity contribution in [3.05, 3.63) is 54.6 Å². The van der Waals surface area contributed by atoms with Crippen LogP contribution in [0.2, 0.25) is 0 Å². The van der Waals surface area contributed by atoms with Gasteiger partial charge in [0.25, 0.3) is 0 Å². The van der Waals surface area contributed by atoms with Gasteiger partial charge in [0.2, 0.25) is 5.91 Å². The molecule has 1 aliphatic rings. The highest BCUT2D eigenvalue weighted by molar-refractivity contribution is 6.39. The lowest BCUT2D eigenvalue weighted by Gasteiger charge is -2.36. The Morgan fingerprint density at radius 1 is 0.931 bits per heavy atom. The van der Waals surface area contributed by atoms with Crippen molar-refractivity contribution in [3.63, 3.8) is 0 Å². The zero-order valence-electron chi connectivity index (χ0n) is 16.3. The van der Waals surface area contributed by atoms with Crippen molar-refractivity contribution in [1.29, 1.82) is 0 Å². The van der Waals surface area contributed by atoms with Gasteiger partial charge in [-0.1, -0.05) is 24.3 Å². The van der Waals surface area contributed by atoms with Crippen molar-refractivity contribution in [2.45, 2.75) is 0 Å². The van der Waals surface area contributed by atoms with Gasteiger partial charge in [-0.15, -0.1) is 0 Å². The van der Waals surface area contributed by atoms with Crippen LogP contribution < -0.4 is 20.3 Å². The first-order chi connectivity index (χ1) is 14.1. The Kier molecular flexibility index (Phi) is 6.67. The number of carbonyl (C=O) groups is 3. The standard InChI is InChI=1S/C21H24N4O4/c1-29-18-9-5-8-17(14-18)24-10-12-25(13-11-24)19(26)15-22-20(27)21(28)23-16-6-3-2-4-7-16/h2-9,14H,10-13,15H2,1H3,(H,22,27)(H,23,28). The van der Waals surface area contributed by atoms with Crippen LogP contribution in [0, 0.1) is 0 Å². The third-order valence-corrected chi connectivity index (χ3v) is 4.69. The number of benzene rings is 2. The van der Waals surface area contributed by atoms with Gasteiger partial charge in [-0.25, -0.2) is 0 Å². The maximum absolute atomic E-state index is 12.4. The largest absolute Gasteiger partial charge is 0.497 e. The predicted octanol–water partition coefficient (Wildman–Crippen LogP) is 1.10. The molecule has 29 heavy (non-hydrogen) atoms. The summed E-state index contributed by atoms with van der Waals surface area (Å²) in [5.74, 6) is -1.06. The number of methoxy groups -OCH3 is 1. The number of hydrogen-bond donors (Lipinski definition) is 2. The summed E-state index contributed by atoms with van der Waals surface area (Å²) in [5.41, 5.74) is 1.56. The third kappa shape index (κ3) is 5.47. The first-order valence-electron chi connectivity index (χ1n) is 9.38. The van der Waals surface area contributed by atoms with Crippen LogP contribution in [0.3, 0.4) is 0 Å². The number of para-hydroxylation sites is 1. The Labute approximate surface area is 169 Å². The van der Waals surface area contributed by atoms with E-state index in [1.807, 2.05) is 30.3 Å². The molecule has 0 bridgehead atoms. The summed E-state index contributed by atoms with van der Waals surface area (Å²) in [6, 6.07) is 16.5. The minimum Gasteiger partial charge on any atom is -0.497 e. The van der Waals surface area contributed by atoms with Crippen molar-refractivity contribution in [1.82, 2.24) is 10.2 Å². The molecule has 0 radical (unpaired) electrons. The number of hydrogen-bond acceptors (Lipinski definition) is 5. The Hall–Kier alpha value is -3.55. The van der Waals surface area contributed by atoms with Gasteiger partial charge in [0, 0.05) is 43.6 Å². The van der Waals surface area contributed by atoms with E-state index in [2.05, 4.69) is 15.5 Å². The molecule has 0 unspecified atom stereocenters. The fourth-order valence-corrected chi connectivity index (χ4v) is 3.08. The van der Waals surface area contributed by atoms with E-state index in [1.54, 1.807) is 36.3 Å². The van der Waals surface area contributed by atoms with Gasteiger partial charge in [0.05, 0.1) is 13.7 Å². The van der Waals surface area contributed by atoms with Crippen molar-refractivity contribution < 1.29 is 19.1 Å². The van der Waals surface area contributed by atoms with E-state index in [4.69, 9.17) is 4.74 Å². The van der Waals surface area contributed by atoms with Crippen molar-refractivity contribution in [2.24, 2.45) is 0 Å². The number of amides is 3. The minimum absolute atomic E-state index is 0.208. The highest BCUT2D eigenvalue weighted by Gasteiger charge is 2.23. The summed E-state index contributed by atoms with van der Waals surface area (Å²) in [7, 11) is 1.63. The minimum atomic E-state index is -0.836. The number of ether oxygens (including phenoxy) is 1. The topological polar surface area (TPSA) is 91.0 Å². The molecule has 1 saturated heterocycles. The van der Waals surface area contributed by atoms with E-state index in [-0.39, 0.29) is 12.5 Å². The molecule has 8 heteroatoms. The Bertz CT molecular complexity index is 864. The number of anilines is 2. The van der Waals surface area contributed by atoms with Gasteiger partial charge in [0.1, 0.15) is 5.75 Å². The Morgan fingerprint density at radius 2 is 1.66 bits per heavy atom. The molecular weight excluding hydrogens is 372 g/mol. The maximum Gasteiger partial charge on any atom is 0.313 e. The second-order valence-corrected chi connectivity index (χ2v) is 6.57. The number of nitrogens with zero attached hydrogens (tertiary/aromatic N) is 2. The number of piperazine rings is 1. The Balaban J connectivity index is 1.43. The molecule has 2 aromatic rings. The quantitative estimate of drug-likeness (QED) is 0.739. The van der Waals surface area contributed by atoms with E-state index in [0.29, 0.717) is 31.9 Å². The molecule has 0 aromatic heterocycles.